The van der Waals surface area contributed by atoms with Gasteiger partial charge in [-0.3, -0.25) is 4.79 Å². The first-order valence-electron chi connectivity index (χ1n) is 11.2. The molecule has 0 saturated carbocycles. The van der Waals surface area contributed by atoms with Crippen LogP contribution in [0.1, 0.15) is 29.9 Å². The zero-order valence-corrected chi connectivity index (χ0v) is 19.7. The summed E-state index contributed by atoms with van der Waals surface area (Å²) >= 11 is 1.53. The summed E-state index contributed by atoms with van der Waals surface area (Å²) in [6.45, 7) is -0.0567. The number of carboxylic acids is 1. The number of aliphatic carboxylic acids is 1. The first-order valence-corrected chi connectivity index (χ1v) is 12.6. The van der Waals surface area contributed by atoms with Crippen molar-refractivity contribution in [3.05, 3.63) is 59.7 Å². The summed E-state index contributed by atoms with van der Waals surface area (Å²) in [6, 6.07) is 15.2. The molecule has 0 aromatic heterocycles. The van der Waals surface area contributed by atoms with E-state index in [1.54, 1.807) is 0 Å². The summed E-state index contributed by atoms with van der Waals surface area (Å²) < 4.78 is 5.57. The number of hydrogen-bond acceptors (Lipinski definition) is 6. The Hall–Kier alpha value is -3.04. The summed E-state index contributed by atoms with van der Waals surface area (Å²) in [5, 5.41) is 22.1. The lowest BCUT2D eigenvalue weighted by Gasteiger charge is -2.25. The maximum Gasteiger partial charge on any atom is 0.407 e. The van der Waals surface area contributed by atoms with Gasteiger partial charge in [0.25, 0.3) is 0 Å². The minimum Gasteiger partial charge on any atom is -0.479 e. The van der Waals surface area contributed by atoms with E-state index in [4.69, 9.17) is 4.74 Å². The van der Waals surface area contributed by atoms with E-state index in [-0.39, 0.29) is 32.0 Å². The lowest BCUT2D eigenvalue weighted by molar-refractivity contribution is -0.157. The predicted molar refractivity (Wildman–Crippen MR) is 129 cm³/mol. The van der Waals surface area contributed by atoms with Crippen LogP contribution in [0.25, 0.3) is 11.1 Å². The number of nitrogens with zero attached hydrogens (tertiary/aromatic N) is 1. The van der Waals surface area contributed by atoms with Gasteiger partial charge in [0.2, 0.25) is 5.91 Å². The molecule has 1 heterocycles. The Labute approximate surface area is 202 Å². The monoisotopic (exact) mass is 484 g/mol. The topological polar surface area (TPSA) is 116 Å². The molecule has 2 amide bonds. The number of ether oxygens (including phenoxy) is 1. The molecular formula is C25H28N2O6S. The molecule has 2 atom stereocenters. The molecular weight excluding hydrogens is 456 g/mol. The van der Waals surface area contributed by atoms with E-state index in [2.05, 4.69) is 17.4 Å². The van der Waals surface area contributed by atoms with Gasteiger partial charge in [-0.05, 0) is 40.7 Å². The van der Waals surface area contributed by atoms with E-state index < -0.39 is 29.6 Å². The summed E-state index contributed by atoms with van der Waals surface area (Å²) in [6.07, 6.45) is 1.52. The van der Waals surface area contributed by atoms with E-state index >= 15 is 0 Å². The molecule has 2 unspecified atom stereocenters. The smallest absolute Gasteiger partial charge is 0.407 e. The van der Waals surface area contributed by atoms with Crippen molar-refractivity contribution in [3.8, 4) is 11.1 Å². The number of hydrogen-bond donors (Lipinski definition) is 3. The molecule has 2 aromatic carbocycles. The first kappa shape index (κ1) is 24.1. The third kappa shape index (κ3) is 4.76. The molecule has 1 fully saturated rings. The van der Waals surface area contributed by atoms with Crippen LogP contribution in [0.2, 0.25) is 0 Å². The van der Waals surface area contributed by atoms with Crippen molar-refractivity contribution in [3.63, 3.8) is 0 Å². The second-order valence-electron chi connectivity index (χ2n) is 8.65. The Morgan fingerprint density at radius 3 is 2.32 bits per heavy atom. The Kier molecular flexibility index (Phi) is 7.13. The molecule has 0 radical (unpaired) electrons. The van der Waals surface area contributed by atoms with E-state index in [1.807, 2.05) is 42.7 Å². The second-order valence-corrected chi connectivity index (χ2v) is 9.64. The fraction of sp³-hybridized carbons (Fsp3) is 0.400. The number of fused-ring (bicyclic) bond motifs is 3. The summed E-state index contributed by atoms with van der Waals surface area (Å²) in [5.74, 6) is -1.24. The number of likely N-dealkylation sites (tertiary alicyclic amines) is 1. The van der Waals surface area contributed by atoms with Gasteiger partial charge < -0.3 is 25.2 Å². The molecule has 2 aliphatic rings. The van der Waals surface area contributed by atoms with Crippen LogP contribution in [0.4, 0.5) is 4.79 Å². The molecule has 1 aliphatic carbocycles. The highest BCUT2D eigenvalue weighted by molar-refractivity contribution is 7.98. The number of benzene rings is 2. The van der Waals surface area contributed by atoms with Crippen LogP contribution in [0.3, 0.4) is 0 Å². The highest BCUT2D eigenvalue weighted by atomic mass is 32.2. The van der Waals surface area contributed by atoms with Crippen molar-refractivity contribution < 1.29 is 29.3 Å². The van der Waals surface area contributed by atoms with Gasteiger partial charge in [-0.25, -0.2) is 9.59 Å². The number of carbonyl (C=O) groups excluding carboxylic acids is 2. The van der Waals surface area contributed by atoms with Gasteiger partial charge in [0.1, 0.15) is 12.6 Å². The zero-order chi connectivity index (χ0) is 24.3. The Morgan fingerprint density at radius 2 is 1.76 bits per heavy atom. The summed E-state index contributed by atoms with van der Waals surface area (Å²) in [4.78, 5) is 38.3. The van der Waals surface area contributed by atoms with Gasteiger partial charge in [-0.2, -0.15) is 11.8 Å². The van der Waals surface area contributed by atoms with E-state index in [9.17, 15) is 24.6 Å². The highest BCUT2D eigenvalue weighted by Gasteiger charge is 2.45. The normalized spacial score (nSPS) is 19.9. The lowest BCUT2D eigenvalue weighted by atomic mass is 9.98. The maximum absolute atomic E-state index is 13.0. The summed E-state index contributed by atoms with van der Waals surface area (Å²) in [5.41, 5.74) is 2.48. The average molecular weight is 485 g/mol. The second kappa shape index (κ2) is 10.1. The molecule has 9 heteroatoms. The van der Waals surface area contributed by atoms with Gasteiger partial charge in [0.15, 0.2) is 5.60 Å². The van der Waals surface area contributed by atoms with Crippen LogP contribution in [0, 0.1) is 0 Å². The van der Waals surface area contributed by atoms with Gasteiger partial charge in [0.05, 0.1) is 6.54 Å². The van der Waals surface area contributed by atoms with Crippen molar-refractivity contribution >= 4 is 29.7 Å². The minimum atomic E-state index is -1.95. The third-order valence-corrected chi connectivity index (χ3v) is 7.15. The molecule has 2 aromatic rings. The molecule has 180 valence electrons. The lowest BCUT2D eigenvalue weighted by Crippen LogP contribution is -2.50. The number of rotatable bonds is 8. The van der Waals surface area contributed by atoms with Crippen LogP contribution in [-0.2, 0) is 14.3 Å². The SMILES string of the molecule is CSCCC(NC(=O)OCC1c2ccccc2-c2ccccc21)C(=O)N1CCC(O)(C(=O)O)C1. The van der Waals surface area contributed by atoms with Crippen molar-refractivity contribution in [2.24, 2.45) is 0 Å². The fourth-order valence-corrected chi connectivity index (χ4v) is 5.12. The largest absolute Gasteiger partial charge is 0.479 e. The van der Waals surface area contributed by atoms with Crippen LogP contribution < -0.4 is 5.32 Å². The molecule has 1 aliphatic heterocycles. The molecule has 0 spiro atoms. The van der Waals surface area contributed by atoms with Crippen LogP contribution in [-0.4, -0.2) is 76.4 Å². The first-order chi connectivity index (χ1) is 16.3. The quantitative estimate of drug-likeness (QED) is 0.528. The van der Waals surface area contributed by atoms with Crippen molar-refractivity contribution in [1.29, 1.82) is 0 Å². The van der Waals surface area contributed by atoms with Gasteiger partial charge in [-0.1, -0.05) is 48.5 Å². The predicted octanol–water partition coefficient (Wildman–Crippen LogP) is 2.69. The van der Waals surface area contributed by atoms with Crippen LogP contribution >= 0.6 is 11.8 Å². The van der Waals surface area contributed by atoms with E-state index in [0.717, 1.165) is 22.3 Å². The van der Waals surface area contributed by atoms with Crippen molar-refractivity contribution in [1.82, 2.24) is 10.2 Å². The van der Waals surface area contributed by atoms with Crippen LogP contribution in [0.15, 0.2) is 48.5 Å². The molecule has 3 N–H and O–H groups in total. The highest BCUT2D eigenvalue weighted by Crippen LogP contribution is 2.44. The van der Waals surface area contributed by atoms with Crippen LogP contribution in [0.5, 0.6) is 0 Å². The van der Waals surface area contributed by atoms with E-state index in [0.29, 0.717) is 12.2 Å². The number of thioether (sulfide) groups is 1. The summed E-state index contributed by atoms with van der Waals surface area (Å²) in [7, 11) is 0. The Morgan fingerprint density at radius 1 is 1.15 bits per heavy atom. The fourth-order valence-electron chi connectivity index (χ4n) is 4.65. The number of carbonyl (C=O) groups is 3. The number of β-amino-alcohol motifs (C(OH)–C–C–N with tert-alkyl or cyclic N) is 1. The minimum absolute atomic E-state index is 0.0474. The number of aliphatic hydroxyl groups is 1. The molecule has 4 rings (SSSR count). The number of nitrogens with one attached hydrogen (secondary N) is 1. The van der Waals surface area contributed by atoms with Gasteiger partial charge in [-0.15, -0.1) is 0 Å². The third-order valence-electron chi connectivity index (χ3n) is 6.50. The standard InChI is InChI=1S/C25H28N2O6S/c1-34-13-10-21(22(28)27-12-11-25(32,15-27)23(29)30)26-24(31)33-14-20-18-8-4-2-6-16(18)17-7-3-5-9-19(17)20/h2-9,20-21,32H,10-15H2,1H3,(H,26,31)(H,29,30). The van der Waals surface area contributed by atoms with Gasteiger partial charge >= 0.3 is 12.1 Å². The average Bonchev–Trinajstić information content (AvgIpc) is 3.39. The molecule has 0 bridgehead atoms. The molecule has 34 heavy (non-hydrogen) atoms. The molecule has 1 saturated heterocycles. The Balaban J connectivity index is 1.41. The van der Waals surface area contributed by atoms with Gasteiger partial charge in [0, 0.05) is 18.9 Å². The van der Waals surface area contributed by atoms with Crippen molar-refractivity contribution in [2.75, 3.05) is 31.7 Å². The maximum atomic E-state index is 13.0. The zero-order valence-electron chi connectivity index (χ0n) is 18.9. The van der Waals surface area contributed by atoms with E-state index in [1.165, 1.54) is 16.7 Å². The van der Waals surface area contributed by atoms with Crippen molar-refractivity contribution in [2.45, 2.75) is 30.4 Å². The number of alkyl carbamates (subject to hydrolysis) is 1. The molecule has 8 nitrogen and oxygen atoms in total. The number of carboxylic acid groups (broad SMARTS) is 1. The Bertz CT molecular complexity index is 1050. The number of amides is 2.